The molecule has 0 spiro atoms. The summed E-state index contributed by atoms with van der Waals surface area (Å²) >= 11 is 0. The molecule has 1 radical (unpaired) electrons. The van der Waals surface area contributed by atoms with Gasteiger partial charge in [-0.15, -0.1) is 0 Å². The Hall–Kier alpha value is 0. The van der Waals surface area contributed by atoms with Gasteiger partial charge in [0.05, 0.1) is 0 Å². The highest BCUT2D eigenvalue weighted by Gasteiger charge is 2.07. The molecule has 0 aliphatic heterocycles. The molecular formula is C13H27. The molecule has 0 bridgehead atoms. The first-order valence-electron chi connectivity index (χ1n) is 6.05. The van der Waals surface area contributed by atoms with E-state index in [1.165, 1.54) is 38.5 Å². The van der Waals surface area contributed by atoms with Gasteiger partial charge in [-0.3, -0.25) is 0 Å². The minimum absolute atomic E-state index is 0.826. The quantitative estimate of drug-likeness (QED) is 0.505. The van der Waals surface area contributed by atoms with E-state index in [1.807, 2.05) is 0 Å². The van der Waals surface area contributed by atoms with Gasteiger partial charge in [0.2, 0.25) is 0 Å². The second-order valence-corrected chi connectivity index (χ2v) is 4.43. The van der Waals surface area contributed by atoms with Crippen LogP contribution < -0.4 is 0 Å². The van der Waals surface area contributed by atoms with E-state index in [0.717, 1.165) is 11.8 Å². The summed E-state index contributed by atoms with van der Waals surface area (Å²) in [5.41, 5.74) is 0. The average molecular weight is 183 g/mol. The summed E-state index contributed by atoms with van der Waals surface area (Å²) in [6, 6.07) is 0. The second-order valence-electron chi connectivity index (χ2n) is 4.43. The zero-order valence-electron chi connectivity index (χ0n) is 9.97. The molecule has 79 valence electrons. The van der Waals surface area contributed by atoms with Crippen molar-refractivity contribution in [3.8, 4) is 0 Å². The van der Waals surface area contributed by atoms with Crippen LogP contribution in [0.15, 0.2) is 0 Å². The smallest absolute Gasteiger partial charge is 0.0329 e. The van der Waals surface area contributed by atoms with Crippen LogP contribution in [0.3, 0.4) is 0 Å². The maximum absolute atomic E-state index is 2.55. The molecule has 13 heavy (non-hydrogen) atoms. The van der Waals surface area contributed by atoms with E-state index in [1.54, 1.807) is 0 Å². The first kappa shape index (κ1) is 13.0. The van der Waals surface area contributed by atoms with Gasteiger partial charge < -0.3 is 0 Å². The fraction of sp³-hybridized carbons (Fsp3) is 0.923. The first-order chi connectivity index (χ1) is 6.20. The molecule has 0 aromatic rings. The molecule has 0 aromatic heterocycles. The van der Waals surface area contributed by atoms with Crippen molar-refractivity contribution < 1.29 is 0 Å². The molecule has 0 rings (SSSR count). The predicted molar refractivity (Wildman–Crippen MR) is 61.7 cm³/mol. The lowest BCUT2D eigenvalue weighted by atomic mass is 9.90. The second kappa shape index (κ2) is 8.59. The van der Waals surface area contributed by atoms with Crippen molar-refractivity contribution in [2.75, 3.05) is 0 Å². The Bertz CT molecular complexity index is 84.2. The van der Waals surface area contributed by atoms with Crippen LogP contribution in [0.4, 0.5) is 0 Å². The maximum atomic E-state index is 2.55. The van der Waals surface area contributed by atoms with Crippen molar-refractivity contribution >= 4 is 0 Å². The molecule has 0 aromatic carbocycles. The van der Waals surface area contributed by atoms with Gasteiger partial charge >= 0.3 is 0 Å². The summed E-state index contributed by atoms with van der Waals surface area (Å²) < 4.78 is 0. The summed E-state index contributed by atoms with van der Waals surface area (Å²) in [4.78, 5) is 0. The predicted octanol–water partition coefficient (Wildman–Crippen LogP) is 4.84. The Labute approximate surface area is 85.1 Å². The van der Waals surface area contributed by atoms with Gasteiger partial charge in [0.1, 0.15) is 0 Å². The van der Waals surface area contributed by atoms with Crippen molar-refractivity contribution in [2.45, 2.75) is 66.2 Å². The molecule has 0 nitrogen and oxygen atoms in total. The summed E-state index contributed by atoms with van der Waals surface area (Å²) in [7, 11) is 0. The molecule has 0 heterocycles. The molecule has 0 heteroatoms. The standard InChI is InChI=1S/C13H27/c1-5-7-9-12(3)11-13(4)10-8-6-2/h11-13H,5-10H2,1-4H3. The molecule has 0 N–H and O–H groups in total. The van der Waals surface area contributed by atoms with E-state index in [-0.39, 0.29) is 0 Å². The lowest BCUT2D eigenvalue weighted by molar-refractivity contribution is 0.466. The largest absolute Gasteiger partial charge is 0.0654 e. The average Bonchev–Trinajstić information content (AvgIpc) is 2.11. The summed E-state index contributed by atoms with van der Waals surface area (Å²) in [5, 5.41) is 0. The zero-order chi connectivity index (χ0) is 10.1. The third kappa shape index (κ3) is 8.33. The Morgan fingerprint density at radius 3 is 1.54 bits per heavy atom. The number of unbranched alkanes of at least 4 members (excludes halogenated alkanes) is 2. The molecule has 0 saturated heterocycles. The molecule has 0 aliphatic rings. The molecule has 0 fully saturated rings. The molecule has 2 unspecified atom stereocenters. The highest BCUT2D eigenvalue weighted by Crippen LogP contribution is 2.20. The zero-order valence-corrected chi connectivity index (χ0v) is 9.97. The van der Waals surface area contributed by atoms with Crippen molar-refractivity contribution in [3.05, 3.63) is 6.42 Å². The van der Waals surface area contributed by atoms with Crippen LogP contribution >= 0.6 is 0 Å². The van der Waals surface area contributed by atoms with E-state index < -0.39 is 0 Å². The summed E-state index contributed by atoms with van der Waals surface area (Å²) in [5.74, 6) is 1.65. The number of hydrogen-bond acceptors (Lipinski definition) is 0. The van der Waals surface area contributed by atoms with Crippen LogP contribution in [0.1, 0.15) is 66.2 Å². The lowest BCUT2D eigenvalue weighted by Gasteiger charge is -2.16. The normalized spacial score (nSPS) is 15.7. The Balaban J connectivity index is 3.35. The van der Waals surface area contributed by atoms with E-state index in [0.29, 0.717) is 0 Å². The SMILES string of the molecule is CCCCC(C)[CH]C(C)CCCC. The minimum Gasteiger partial charge on any atom is -0.0654 e. The van der Waals surface area contributed by atoms with Gasteiger partial charge in [0.15, 0.2) is 0 Å². The van der Waals surface area contributed by atoms with Crippen LogP contribution in [-0.4, -0.2) is 0 Å². The monoisotopic (exact) mass is 183 g/mol. The fourth-order valence-corrected chi connectivity index (χ4v) is 1.81. The van der Waals surface area contributed by atoms with E-state index in [4.69, 9.17) is 0 Å². The highest BCUT2D eigenvalue weighted by atomic mass is 14.1. The topological polar surface area (TPSA) is 0 Å². The van der Waals surface area contributed by atoms with Crippen LogP contribution in [0.2, 0.25) is 0 Å². The van der Waals surface area contributed by atoms with E-state index >= 15 is 0 Å². The Morgan fingerprint density at radius 1 is 0.846 bits per heavy atom. The molecular weight excluding hydrogens is 156 g/mol. The van der Waals surface area contributed by atoms with Gasteiger partial charge in [-0.2, -0.15) is 0 Å². The van der Waals surface area contributed by atoms with Crippen molar-refractivity contribution in [2.24, 2.45) is 11.8 Å². The third-order valence-electron chi connectivity index (χ3n) is 2.68. The van der Waals surface area contributed by atoms with Crippen molar-refractivity contribution in [1.82, 2.24) is 0 Å². The van der Waals surface area contributed by atoms with E-state index in [9.17, 15) is 0 Å². The third-order valence-corrected chi connectivity index (χ3v) is 2.68. The van der Waals surface area contributed by atoms with Crippen LogP contribution in [-0.2, 0) is 0 Å². The maximum Gasteiger partial charge on any atom is -0.0329 e. The first-order valence-corrected chi connectivity index (χ1v) is 6.05. The molecule has 0 saturated carbocycles. The van der Waals surface area contributed by atoms with Crippen molar-refractivity contribution in [1.29, 1.82) is 0 Å². The molecule has 0 aliphatic carbocycles. The molecule has 0 amide bonds. The molecule has 2 atom stereocenters. The minimum atomic E-state index is 0.826. The van der Waals surface area contributed by atoms with Crippen molar-refractivity contribution in [3.63, 3.8) is 0 Å². The van der Waals surface area contributed by atoms with Gasteiger partial charge in [-0.05, 0) is 18.3 Å². The van der Waals surface area contributed by atoms with Crippen LogP contribution in [0.25, 0.3) is 0 Å². The number of hydrogen-bond donors (Lipinski definition) is 0. The number of rotatable bonds is 8. The van der Waals surface area contributed by atoms with Crippen LogP contribution in [0, 0.1) is 18.3 Å². The van der Waals surface area contributed by atoms with Gasteiger partial charge in [0, 0.05) is 0 Å². The summed E-state index contributed by atoms with van der Waals surface area (Å²) in [6.45, 7) is 9.26. The highest BCUT2D eigenvalue weighted by molar-refractivity contribution is 4.78. The van der Waals surface area contributed by atoms with E-state index in [2.05, 4.69) is 34.1 Å². The Morgan fingerprint density at radius 2 is 1.23 bits per heavy atom. The lowest BCUT2D eigenvalue weighted by Crippen LogP contribution is -2.04. The fourth-order valence-electron chi connectivity index (χ4n) is 1.81. The van der Waals surface area contributed by atoms with Crippen LogP contribution in [0.5, 0.6) is 0 Å². The van der Waals surface area contributed by atoms with Gasteiger partial charge in [-0.1, -0.05) is 66.2 Å². The summed E-state index contributed by atoms with van der Waals surface area (Å²) in [6.07, 6.45) is 10.8. The Kier molecular flexibility index (Phi) is 8.59. The van der Waals surface area contributed by atoms with Gasteiger partial charge in [0.25, 0.3) is 0 Å². The van der Waals surface area contributed by atoms with Gasteiger partial charge in [-0.25, -0.2) is 0 Å².